The molecule has 148 valence electrons. The van der Waals surface area contributed by atoms with E-state index >= 15 is 0 Å². The predicted molar refractivity (Wildman–Crippen MR) is 101 cm³/mol. The number of anilines is 1. The van der Waals surface area contributed by atoms with Crippen molar-refractivity contribution in [3.8, 4) is 5.75 Å². The Morgan fingerprint density at radius 1 is 1.11 bits per heavy atom. The second-order valence-corrected chi connectivity index (χ2v) is 6.79. The van der Waals surface area contributed by atoms with Crippen molar-refractivity contribution in [3.63, 3.8) is 0 Å². The topological polar surface area (TPSA) is 88.2 Å². The molecule has 0 unspecified atom stereocenters. The van der Waals surface area contributed by atoms with Crippen LogP contribution in [0.3, 0.4) is 0 Å². The van der Waals surface area contributed by atoms with Gasteiger partial charge in [-0.2, -0.15) is 0 Å². The molecule has 1 saturated heterocycles. The number of carbonyl (C=O) groups excluding carboxylic acids is 3. The maximum Gasteiger partial charge on any atom is 0.409 e. The maximum absolute atomic E-state index is 12.9. The lowest BCUT2D eigenvalue weighted by molar-refractivity contribution is -0.147. The SMILES string of the molecule is CCOC(=O)N1CCN(C(=O)C(C)(C)C(=O)Nc2cccc(OC)c2)CC1. The Labute approximate surface area is 159 Å². The van der Waals surface area contributed by atoms with Crippen molar-refractivity contribution in [1.82, 2.24) is 9.80 Å². The van der Waals surface area contributed by atoms with Crippen molar-refractivity contribution in [1.29, 1.82) is 0 Å². The van der Waals surface area contributed by atoms with Gasteiger partial charge in [0, 0.05) is 37.9 Å². The number of nitrogens with zero attached hydrogens (tertiary/aromatic N) is 2. The first kappa shape index (κ1) is 20.5. The predicted octanol–water partition coefficient (Wildman–Crippen LogP) is 1.96. The van der Waals surface area contributed by atoms with Crippen LogP contribution in [0.25, 0.3) is 0 Å². The van der Waals surface area contributed by atoms with Crippen LogP contribution >= 0.6 is 0 Å². The third-order valence-electron chi connectivity index (χ3n) is 4.52. The number of methoxy groups -OCH3 is 1. The zero-order valence-electron chi connectivity index (χ0n) is 16.3. The highest BCUT2D eigenvalue weighted by atomic mass is 16.6. The highest BCUT2D eigenvalue weighted by molar-refractivity contribution is 6.09. The fourth-order valence-corrected chi connectivity index (χ4v) is 2.79. The number of piperazine rings is 1. The van der Waals surface area contributed by atoms with Crippen LogP contribution < -0.4 is 10.1 Å². The van der Waals surface area contributed by atoms with Crippen LogP contribution in [-0.4, -0.2) is 67.6 Å². The first-order chi connectivity index (χ1) is 12.8. The van der Waals surface area contributed by atoms with Crippen LogP contribution in [0.5, 0.6) is 5.75 Å². The molecule has 1 aromatic rings. The number of rotatable bonds is 5. The minimum absolute atomic E-state index is 0.272. The van der Waals surface area contributed by atoms with Gasteiger partial charge in [-0.1, -0.05) is 6.07 Å². The molecule has 0 saturated carbocycles. The summed E-state index contributed by atoms with van der Waals surface area (Å²) < 4.78 is 10.1. The lowest BCUT2D eigenvalue weighted by atomic mass is 9.89. The molecule has 8 heteroatoms. The molecule has 1 N–H and O–H groups in total. The van der Waals surface area contributed by atoms with Gasteiger partial charge in [0.15, 0.2) is 0 Å². The zero-order valence-corrected chi connectivity index (χ0v) is 16.3. The van der Waals surface area contributed by atoms with Crippen molar-refractivity contribution in [2.24, 2.45) is 5.41 Å². The minimum atomic E-state index is -1.24. The summed E-state index contributed by atoms with van der Waals surface area (Å²) in [5, 5.41) is 2.77. The van der Waals surface area contributed by atoms with Crippen LogP contribution in [0.2, 0.25) is 0 Å². The molecule has 0 aliphatic carbocycles. The Kier molecular flexibility index (Phi) is 6.65. The average Bonchev–Trinajstić information content (AvgIpc) is 2.67. The van der Waals surface area contributed by atoms with Crippen LogP contribution in [-0.2, 0) is 14.3 Å². The number of carbonyl (C=O) groups is 3. The van der Waals surface area contributed by atoms with Crippen LogP contribution in [0.4, 0.5) is 10.5 Å². The third kappa shape index (κ3) is 4.90. The van der Waals surface area contributed by atoms with Crippen LogP contribution in [0, 0.1) is 5.41 Å². The maximum atomic E-state index is 12.9. The number of ether oxygens (including phenoxy) is 2. The molecule has 0 radical (unpaired) electrons. The van der Waals surface area contributed by atoms with Gasteiger partial charge in [0.2, 0.25) is 11.8 Å². The molecule has 1 aliphatic rings. The van der Waals surface area contributed by atoms with Crippen molar-refractivity contribution in [3.05, 3.63) is 24.3 Å². The quantitative estimate of drug-likeness (QED) is 0.793. The van der Waals surface area contributed by atoms with Gasteiger partial charge >= 0.3 is 6.09 Å². The third-order valence-corrected chi connectivity index (χ3v) is 4.52. The molecule has 1 fully saturated rings. The number of hydrogen-bond acceptors (Lipinski definition) is 5. The highest BCUT2D eigenvalue weighted by Gasteiger charge is 2.40. The van der Waals surface area contributed by atoms with Crippen molar-refractivity contribution < 1.29 is 23.9 Å². The van der Waals surface area contributed by atoms with E-state index in [-0.39, 0.29) is 12.0 Å². The molecule has 0 aromatic heterocycles. The number of benzene rings is 1. The summed E-state index contributed by atoms with van der Waals surface area (Å²) in [7, 11) is 1.55. The Balaban J connectivity index is 1.98. The van der Waals surface area contributed by atoms with E-state index in [0.29, 0.717) is 44.2 Å². The lowest BCUT2D eigenvalue weighted by Crippen LogP contribution is -2.55. The molecule has 1 heterocycles. The summed E-state index contributed by atoms with van der Waals surface area (Å²) >= 11 is 0. The molecule has 27 heavy (non-hydrogen) atoms. The van der Waals surface area contributed by atoms with Gasteiger partial charge in [-0.15, -0.1) is 0 Å². The Bertz CT molecular complexity index is 696. The molecule has 8 nitrogen and oxygen atoms in total. The van der Waals surface area contributed by atoms with Gasteiger partial charge < -0.3 is 24.6 Å². The fourth-order valence-electron chi connectivity index (χ4n) is 2.79. The summed E-state index contributed by atoms with van der Waals surface area (Å²) in [4.78, 5) is 40.5. The average molecular weight is 377 g/mol. The molecular weight excluding hydrogens is 350 g/mol. The molecule has 0 spiro atoms. The van der Waals surface area contributed by atoms with E-state index in [1.165, 1.54) is 0 Å². The molecular formula is C19H27N3O5. The van der Waals surface area contributed by atoms with Crippen molar-refractivity contribution in [2.75, 3.05) is 45.2 Å². The van der Waals surface area contributed by atoms with Crippen molar-refractivity contribution in [2.45, 2.75) is 20.8 Å². The first-order valence-electron chi connectivity index (χ1n) is 8.96. The Morgan fingerprint density at radius 3 is 2.33 bits per heavy atom. The van der Waals surface area contributed by atoms with Gasteiger partial charge in [0.25, 0.3) is 0 Å². The standard InChI is InChI=1S/C19H27N3O5/c1-5-27-18(25)22-11-9-21(10-12-22)17(24)19(2,3)16(23)20-14-7-6-8-15(13-14)26-4/h6-8,13H,5,9-12H2,1-4H3,(H,20,23). The van der Waals surface area contributed by atoms with Gasteiger partial charge in [-0.25, -0.2) is 4.79 Å². The largest absolute Gasteiger partial charge is 0.497 e. The second-order valence-electron chi connectivity index (χ2n) is 6.79. The highest BCUT2D eigenvalue weighted by Crippen LogP contribution is 2.24. The van der Waals surface area contributed by atoms with E-state index in [2.05, 4.69) is 5.32 Å². The number of hydrogen-bond donors (Lipinski definition) is 1. The lowest BCUT2D eigenvalue weighted by Gasteiger charge is -2.37. The minimum Gasteiger partial charge on any atom is -0.497 e. The molecule has 0 atom stereocenters. The molecule has 2 rings (SSSR count). The fraction of sp³-hybridized carbons (Fsp3) is 0.526. The second kappa shape index (κ2) is 8.75. The molecule has 0 bridgehead atoms. The number of nitrogens with one attached hydrogen (secondary N) is 1. The Morgan fingerprint density at radius 2 is 1.74 bits per heavy atom. The van der Waals surface area contributed by atoms with Gasteiger partial charge in [0.1, 0.15) is 11.2 Å². The molecule has 1 aliphatic heterocycles. The molecule has 1 aromatic carbocycles. The first-order valence-corrected chi connectivity index (χ1v) is 8.96. The normalized spacial score (nSPS) is 14.5. The van der Waals surface area contributed by atoms with E-state index < -0.39 is 11.3 Å². The van der Waals surface area contributed by atoms with Gasteiger partial charge in [-0.3, -0.25) is 9.59 Å². The monoisotopic (exact) mass is 377 g/mol. The van der Waals surface area contributed by atoms with Crippen LogP contribution in [0.1, 0.15) is 20.8 Å². The number of amides is 3. The van der Waals surface area contributed by atoms with E-state index in [1.807, 2.05) is 0 Å². The van der Waals surface area contributed by atoms with Gasteiger partial charge in [-0.05, 0) is 32.9 Å². The smallest absolute Gasteiger partial charge is 0.409 e. The summed E-state index contributed by atoms with van der Waals surface area (Å²) in [6, 6.07) is 6.96. The summed E-state index contributed by atoms with van der Waals surface area (Å²) in [6.45, 7) is 6.78. The van der Waals surface area contributed by atoms with E-state index in [1.54, 1.807) is 61.9 Å². The summed E-state index contributed by atoms with van der Waals surface area (Å²) in [5.74, 6) is -0.0491. The van der Waals surface area contributed by atoms with E-state index in [0.717, 1.165) is 0 Å². The molecule has 3 amide bonds. The summed E-state index contributed by atoms with van der Waals surface area (Å²) in [5.41, 5.74) is -0.679. The van der Waals surface area contributed by atoms with Crippen LogP contribution in [0.15, 0.2) is 24.3 Å². The van der Waals surface area contributed by atoms with E-state index in [9.17, 15) is 14.4 Å². The van der Waals surface area contributed by atoms with E-state index in [4.69, 9.17) is 9.47 Å². The zero-order chi connectivity index (χ0) is 20.0. The van der Waals surface area contributed by atoms with Crippen molar-refractivity contribution >= 4 is 23.6 Å². The van der Waals surface area contributed by atoms with Gasteiger partial charge in [0.05, 0.1) is 13.7 Å². The summed E-state index contributed by atoms with van der Waals surface area (Å²) in [6.07, 6.45) is -0.375. The Hall–Kier alpha value is -2.77.